The molecule has 2 atom stereocenters. The van der Waals surface area contributed by atoms with Gasteiger partial charge < -0.3 is 15.0 Å². The van der Waals surface area contributed by atoms with Crippen LogP contribution in [0.15, 0.2) is 47.4 Å². The van der Waals surface area contributed by atoms with Crippen molar-refractivity contribution in [3.8, 4) is 17.2 Å². The maximum Gasteiger partial charge on any atom is 0.253 e. The van der Waals surface area contributed by atoms with Crippen molar-refractivity contribution < 1.29 is 14.3 Å². The minimum Gasteiger partial charge on any atom is -0.386 e. The van der Waals surface area contributed by atoms with E-state index >= 15 is 0 Å². The van der Waals surface area contributed by atoms with Crippen LogP contribution >= 0.6 is 23.2 Å². The summed E-state index contributed by atoms with van der Waals surface area (Å²) in [5.74, 6) is -0.797. The van der Waals surface area contributed by atoms with Crippen LogP contribution in [0.4, 0.5) is 4.39 Å². The van der Waals surface area contributed by atoms with Gasteiger partial charge in [-0.05, 0) is 22.8 Å². The van der Waals surface area contributed by atoms with Crippen LogP contribution < -0.4 is 10.9 Å². The Labute approximate surface area is 164 Å². The summed E-state index contributed by atoms with van der Waals surface area (Å²) in [5, 5.41) is 21.2. The number of benzene rings is 1. The van der Waals surface area contributed by atoms with Crippen molar-refractivity contribution >= 4 is 29.1 Å². The van der Waals surface area contributed by atoms with Gasteiger partial charge in [0, 0.05) is 12.3 Å². The first-order valence-electron chi connectivity index (χ1n) is 7.87. The molecule has 0 radical (unpaired) electrons. The van der Waals surface area contributed by atoms with Crippen LogP contribution in [0.3, 0.4) is 0 Å². The largest absolute Gasteiger partial charge is 0.386 e. The molecule has 1 aromatic heterocycles. The number of hydrogen-bond acceptors (Lipinski definition) is 4. The van der Waals surface area contributed by atoms with Crippen molar-refractivity contribution in [1.82, 2.24) is 9.88 Å². The van der Waals surface area contributed by atoms with Gasteiger partial charge in [-0.1, -0.05) is 47.5 Å². The number of carbonyl (C=O) groups is 1. The third kappa shape index (κ3) is 5.30. The Hall–Kier alpha value is -2.40. The molecule has 2 aromatic rings. The summed E-state index contributed by atoms with van der Waals surface area (Å²) in [4.78, 5) is 22.1. The van der Waals surface area contributed by atoms with E-state index in [0.717, 1.165) is 0 Å². The van der Waals surface area contributed by atoms with E-state index in [1.54, 1.807) is 30.3 Å². The third-order valence-electron chi connectivity index (χ3n) is 3.90. The van der Waals surface area contributed by atoms with Crippen LogP contribution in [0.1, 0.15) is 11.7 Å². The standard InChI is InChI=1S/C18H16Cl2FN3O3/c19-17(20)18(27)23-14(10-21)16(26)12-3-1-11(2-4-12)13-5-7-24(8-6-22)15(25)9-13/h1-5,7,9,14,16-17,26H,8,10H2,(H,23,27). The zero-order valence-electron chi connectivity index (χ0n) is 14.0. The second-order valence-corrected chi connectivity index (χ2v) is 6.77. The Balaban J connectivity index is 2.18. The summed E-state index contributed by atoms with van der Waals surface area (Å²) < 4.78 is 14.5. The van der Waals surface area contributed by atoms with Gasteiger partial charge in [0.1, 0.15) is 19.3 Å². The average Bonchev–Trinajstić information content (AvgIpc) is 2.67. The van der Waals surface area contributed by atoms with Crippen LogP contribution in [-0.2, 0) is 11.3 Å². The van der Waals surface area contributed by atoms with E-state index in [0.29, 0.717) is 16.7 Å². The van der Waals surface area contributed by atoms with Crippen molar-refractivity contribution in [2.45, 2.75) is 23.5 Å². The molecule has 0 fully saturated rings. The number of alkyl halides is 3. The van der Waals surface area contributed by atoms with Gasteiger partial charge in [0.05, 0.1) is 12.1 Å². The predicted molar refractivity (Wildman–Crippen MR) is 100 cm³/mol. The highest BCUT2D eigenvalue weighted by Crippen LogP contribution is 2.23. The van der Waals surface area contributed by atoms with Crippen molar-refractivity contribution in [1.29, 1.82) is 5.26 Å². The molecule has 6 nitrogen and oxygen atoms in total. The number of pyridine rings is 1. The van der Waals surface area contributed by atoms with Gasteiger partial charge in [-0.25, -0.2) is 4.39 Å². The maximum absolute atomic E-state index is 13.2. The molecule has 0 saturated heterocycles. The molecule has 0 aliphatic carbocycles. The summed E-state index contributed by atoms with van der Waals surface area (Å²) in [6, 6.07) is 10.2. The number of amides is 1. The fraction of sp³-hybridized carbons (Fsp3) is 0.278. The van der Waals surface area contributed by atoms with Gasteiger partial charge in [-0.2, -0.15) is 5.26 Å². The van der Waals surface area contributed by atoms with E-state index in [1.807, 2.05) is 6.07 Å². The average molecular weight is 412 g/mol. The van der Waals surface area contributed by atoms with E-state index in [-0.39, 0.29) is 12.1 Å². The molecule has 142 valence electrons. The van der Waals surface area contributed by atoms with Crippen LogP contribution in [0.2, 0.25) is 0 Å². The summed E-state index contributed by atoms with van der Waals surface area (Å²) >= 11 is 10.8. The Morgan fingerprint density at radius 1 is 1.26 bits per heavy atom. The van der Waals surface area contributed by atoms with Crippen LogP contribution in [0.5, 0.6) is 0 Å². The number of nitrogens with zero attached hydrogens (tertiary/aromatic N) is 2. The van der Waals surface area contributed by atoms with Crippen molar-refractivity contribution in [3.63, 3.8) is 0 Å². The SMILES string of the molecule is N#CCn1ccc(-c2ccc(C(O)C(CF)NC(=O)C(Cl)Cl)cc2)cc1=O. The van der Waals surface area contributed by atoms with Gasteiger partial charge in [0.2, 0.25) is 0 Å². The van der Waals surface area contributed by atoms with E-state index in [2.05, 4.69) is 5.32 Å². The summed E-state index contributed by atoms with van der Waals surface area (Å²) in [7, 11) is 0. The molecule has 0 bridgehead atoms. The predicted octanol–water partition coefficient (Wildman–Crippen LogP) is 2.33. The Kier molecular flexibility index (Phi) is 7.36. The quantitative estimate of drug-likeness (QED) is 0.683. The minimum atomic E-state index is -1.36. The number of aliphatic hydroxyl groups is 1. The molecule has 9 heteroatoms. The highest BCUT2D eigenvalue weighted by Gasteiger charge is 2.25. The lowest BCUT2D eigenvalue weighted by Gasteiger charge is -2.22. The number of aromatic nitrogens is 1. The fourth-order valence-electron chi connectivity index (χ4n) is 2.45. The van der Waals surface area contributed by atoms with Gasteiger partial charge in [0.15, 0.2) is 4.84 Å². The lowest BCUT2D eigenvalue weighted by Crippen LogP contribution is -2.43. The zero-order chi connectivity index (χ0) is 20.0. The number of halogens is 3. The number of carbonyl (C=O) groups excluding carboxylic acids is 1. The zero-order valence-corrected chi connectivity index (χ0v) is 15.5. The molecular weight excluding hydrogens is 396 g/mol. The number of hydrogen-bond donors (Lipinski definition) is 2. The topological polar surface area (TPSA) is 95.1 Å². The summed E-state index contributed by atoms with van der Waals surface area (Å²) in [6.45, 7) is -1.04. The highest BCUT2D eigenvalue weighted by molar-refractivity contribution is 6.53. The third-order valence-corrected chi connectivity index (χ3v) is 4.29. The molecule has 0 aliphatic heterocycles. The minimum absolute atomic E-state index is 0.0357. The monoisotopic (exact) mass is 411 g/mol. The maximum atomic E-state index is 13.2. The number of aliphatic hydroxyl groups excluding tert-OH is 1. The van der Waals surface area contributed by atoms with Crippen molar-refractivity contribution in [2.75, 3.05) is 6.67 Å². The second-order valence-electron chi connectivity index (χ2n) is 5.68. The fourth-order valence-corrected chi connectivity index (χ4v) is 2.57. The Morgan fingerprint density at radius 3 is 2.44 bits per heavy atom. The highest BCUT2D eigenvalue weighted by atomic mass is 35.5. The number of rotatable bonds is 7. The molecular formula is C18H16Cl2FN3O3. The lowest BCUT2D eigenvalue weighted by atomic mass is 9.99. The molecule has 2 N–H and O–H groups in total. The van der Waals surface area contributed by atoms with Crippen LogP contribution in [0.25, 0.3) is 11.1 Å². The molecule has 2 unspecified atom stereocenters. The normalized spacial score (nSPS) is 13.0. The first-order chi connectivity index (χ1) is 12.9. The van der Waals surface area contributed by atoms with E-state index in [9.17, 15) is 19.1 Å². The van der Waals surface area contributed by atoms with E-state index in [4.69, 9.17) is 28.5 Å². The van der Waals surface area contributed by atoms with Gasteiger partial charge in [-0.15, -0.1) is 0 Å². The lowest BCUT2D eigenvalue weighted by molar-refractivity contribution is -0.121. The summed E-state index contributed by atoms with van der Waals surface area (Å²) in [6.07, 6.45) is 0.219. The first kappa shape index (κ1) is 20.9. The van der Waals surface area contributed by atoms with Crippen molar-refractivity contribution in [3.05, 3.63) is 58.5 Å². The van der Waals surface area contributed by atoms with Crippen LogP contribution in [-0.4, -0.2) is 33.1 Å². The molecule has 27 heavy (non-hydrogen) atoms. The molecule has 2 rings (SSSR count). The molecule has 0 saturated carbocycles. The number of nitriles is 1. The van der Waals surface area contributed by atoms with Crippen molar-refractivity contribution in [2.24, 2.45) is 0 Å². The molecule has 0 aliphatic rings. The molecule has 1 amide bonds. The smallest absolute Gasteiger partial charge is 0.253 e. The Morgan fingerprint density at radius 2 is 1.93 bits per heavy atom. The molecule has 1 heterocycles. The van der Waals surface area contributed by atoms with E-state index in [1.165, 1.54) is 16.8 Å². The summed E-state index contributed by atoms with van der Waals surface area (Å²) in [5.41, 5.74) is 1.41. The second kappa shape index (κ2) is 9.51. The molecule has 1 aromatic carbocycles. The Bertz CT molecular complexity index is 894. The van der Waals surface area contributed by atoms with Gasteiger partial charge in [-0.3, -0.25) is 9.59 Å². The first-order valence-corrected chi connectivity index (χ1v) is 8.75. The van der Waals surface area contributed by atoms with Crippen LogP contribution in [0, 0.1) is 11.3 Å². The van der Waals surface area contributed by atoms with Gasteiger partial charge in [0.25, 0.3) is 11.5 Å². The van der Waals surface area contributed by atoms with E-state index < -0.39 is 29.6 Å². The number of nitrogens with one attached hydrogen (secondary N) is 1. The molecule has 0 spiro atoms. The van der Waals surface area contributed by atoms with Gasteiger partial charge >= 0.3 is 0 Å².